The summed E-state index contributed by atoms with van der Waals surface area (Å²) < 4.78 is 25.4. The van der Waals surface area contributed by atoms with Gasteiger partial charge in [0.25, 0.3) is 6.43 Å². The van der Waals surface area contributed by atoms with Crippen LogP contribution >= 0.6 is 22.6 Å². The summed E-state index contributed by atoms with van der Waals surface area (Å²) in [4.78, 5) is 3.62. The quantitative estimate of drug-likeness (QED) is 0.849. The van der Waals surface area contributed by atoms with Crippen molar-refractivity contribution in [3.8, 4) is 6.07 Å². The van der Waals surface area contributed by atoms with Crippen LogP contribution in [0, 0.1) is 14.9 Å². The highest BCUT2D eigenvalue weighted by Crippen LogP contribution is 2.24. The highest BCUT2D eigenvalue weighted by molar-refractivity contribution is 14.1. The third-order valence-electron chi connectivity index (χ3n) is 1.58. The maximum Gasteiger partial charge on any atom is 0.281 e. The van der Waals surface area contributed by atoms with Gasteiger partial charge in [0.05, 0.1) is 11.3 Å². The van der Waals surface area contributed by atoms with Crippen LogP contribution in [-0.2, 0) is 6.54 Å². The van der Waals surface area contributed by atoms with Crippen LogP contribution in [0.3, 0.4) is 0 Å². The van der Waals surface area contributed by atoms with Crippen molar-refractivity contribution < 1.29 is 8.78 Å². The minimum absolute atomic E-state index is 0.0715. The molecule has 0 fully saturated rings. The maximum absolute atomic E-state index is 12.5. The van der Waals surface area contributed by atoms with Gasteiger partial charge in [0, 0.05) is 10.1 Å². The molecule has 0 unspecified atom stereocenters. The first kappa shape index (κ1) is 11.3. The molecule has 0 saturated carbocycles. The fourth-order valence-corrected chi connectivity index (χ4v) is 1.71. The molecule has 0 amide bonds. The minimum Gasteiger partial charge on any atom is -0.325 e. The molecule has 0 saturated heterocycles. The van der Waals surface area contributed by atoms with Gasteiger partial charge in [-0.3, -0.25) is 0 Å². The molecule has 0 aliphatic heterocycles. The maximum atomic E-state index is 12.5. The van der Waals surface area contributed by atoms with E-state index in [1.807, 2.05) is 22.6 Å². The molecular weight excluding hydrogens is 303 g/mol. The summed E-state index contributed by atoms with van der Waals surface area (Å²) in [5, 5.41) is 8.65. The largest absolute Gasteiger partial charge is 0.325 e. The van der Waals surface area contributed by atoms with Crippen molar-refractivity contribution in [2.24, 2.45) is 5.73 Å². The summed E-state index contributed by atoms with van der Waals surface area (Å²) in [5.41, 5.74) is 5.09. The molecular formula is C8H6F2IN3. The lowest BCUT2D eigenvalue weighted by Gasteiger charge is -2.06. The van der Waals surface area contributed by atoms with E-state index in [0.29, 0.717) is 9.26 Å². The lowest BCUT2D eigenvalue weighted by molar-refractivity contribution is 0.145. The predicted molar refractivity (Wildman–Crippen MR) is 54.5 cm³/mol. The molecule has 14 heavy (non-hydrogen) atoms. The van der Waals surface area contributed by atoms with Crippen LogP contribution in [0.25, 0.3) is 0 Å². The van der Waals surface area contributed by atoms with Gasteiger partial charge < -0.3 is 5.73 Å². The van der Waals surface area contributed by atoms with Gasteiger partial charge in [-0.15, -0.1) is 0 Å². The standard InChI is InChI=1S/C8H6F2IN3/c9-8(10)7-5(3-13)6(11)1-4(2-12)14-7/h1,8H,2,12H2. The van der Waals surface area contributed by atoms with Crippen LogP contribution in [0.5, 0.6) is 0 Å². The predicted octanol–water partition coefficient (Wildman–Crippen LogP) is 1.95. The molecule has 6 heteroatoms. The number of hydrogen-bond donors (Lipinski definition) is 1. The molecule has 74 valence electrons. The zero-order valence-corrected chi connectivity index (χ0v) is 9.12. The summed E-state index contributed by atoms with van der Waals surface area (Å²) >= 11 is 1.82. The average Bonchev–Trinajstić information content (AvgIpc) is 2.16. The number of pyridine rings is 1. The third-order valence-corrected chi connectivity index (χ3v) is 2.43. The number of alkyl halides is 2. The van der Waals surface area contributed by atoms with Crippen molar-refractivity contribution in [1.29, 1.82) is 5.26 Å². The Morgan fingerprint density at radius 3 is 2.71 bits per heavy atom. The Morgan fingerprint density at radius 1 is 1.64 bits per heavy atom. The van der Waals surface area contributed by atoms with Crippen LogP contribution < -0.4 is 5.73 Å². The Kier molecular flexibility index (Phi) is 3.71. The number of nitrogens with two attached hydrogens (primary N) is 1. The molecule has 1 heterocycles. The lowest BCUT2D eigenvalue weighted by atomic mass is 10.2. The SMILES string of the molecule is N#Cc1c(I)cc(CN)nc1C(F)F. The van der Waals surface area contributed by atoms with Gasteiger partial charge >= 0.3 is 0 Å². The van der Waals surface area contributed by atoms with E-state index < -0.39 is 12.1 Å². The Hall–Kier alpha value is -0.810. The highest BCUT2D eigenvalue weighted by Gasteiger charge is 2.18. The van der Waals surface area contributed by atoms with Gasteiger partial charge in [0.1, 0.15) is 11.8 Å². The molecule has 2 N–H and O–H groups in total. The Bertz CT molecular complexity index is 387. The fourth-order valence-electron chi connectivity index (χ4n) is 0.957. The molecule has 0 spiro atoms. The Balaban J connectivity index is 3.37. The van der Waals surface area contributed by atoms with Gasteiger partial charge in [-0.25, -0.2) is 13.8 Å². The van der Waals surface area contributed by atoms with Gasteiger partial charge in [0.15, 0.2) is 0 Å². The van der Waals surface area contributed by atoms with Crippen molar-refractivity contribution in [3.63, 3.8) is 0 Å². The molecule has 0 radical (unpaired) electrons. The van der Waals surface area contributed by atoms with Gasteiger partial charge in [-0.2, -0.15) is 5.26 Å². The Labute approximate surface area is 93.1 Å². The monoisotopic (exact) mass is 309 g/mol. The molecule has 0 aliphatic rings. The summed E-state index contributed by atoms with van der Waals surface area (Å²) in [5.74, 6) is 0. The van der Waals surface area contributed by atoms with E-state index >= 15 is 0 Å². The van der Waals surface area contributed by atoms with Crippen molar-refractivity contribution in [3.05, 3.63) is 26.6 Å². The van der Waals surface area contributed by atoms with Crippen LogP contribution in [0.15, 0.2) is 6.07 Å². The normalized spacial score (nSPS) is 10.3. The molecule has 0 aromatic carbocycles. The first-order valence-electron chi connectivity index (χ1n) is 3.67. The van der Waals surface area contributed by atoms with Gasteiger partial charge in [-0.1, -0.05) is 0 Å². The topological polar surface area (TPSA) is 62.7 Å². The highest BCUT2D eigenvalue weighted by atomic mass is 127. The fraction of sp³-hybridized carbons (Fsp3) is 0.250. The van der Waals surface area contributed by atoms with E-state index in [0.717, 1.165) is 0 Å². The second-order valence-corrected chi connectivity index (χ2v) is 3.63. The van der Waals surface area contributed by atoms with E-state index in [4.69, 9.17) is 11.0 Å². The number of nitriles is 1. The smallest absolute Gasteiger partial charge is 0.281 e. The zero-order chi connectivity index (χ0) is 10.7. The van der Waals surface area contributed by atoms with Crippen molar-refractivity contribution in [2.45, 2.75) is 13.0 Å². The molecule has 0 bridgehead atoms. The zero-order valence-electron chi connectivity index (χ0n) is 6.97. The number of halogens is 3. The summed E-state index contributed by atoms with van der Waals surface area (Å²) in [6.07, 6.45) is -2.75. The third kappa shape index (κ3) is 2.16. The summed E-state index contributed by atoms with van der Waals surface area (Å²) in [6, 6.07) is 3.24. The van der Waals surface area contributed by atoms with Crippen molar-refractivity contribution in [1.82, 2.24) is 4.98 Å². The molecule has 1 rings (SSSR count). The van der Waals surface area contributed by atoms with Gasteiger partial charge in [-0.05, 0) is 28.7 Å². The van der Waals surface area contributed by atoms with E-state index in [1.165, 1.54) is 6.07 Å². The van der Waals surface area contributed by atoms with Crippen molar-refractivity contribution in [2.75, 3.05) is 0 Å². The molecule has 0 atom stereocenters. The van der Waals surface area contributed by atoms with E-state index in [-0.39, 0.29) is 12.1 Å². The minimum atomic E-state index is -2.75. The number of nitrogens with zero attached hydrogens (tertiary/aromatic N) is 2. The van der Waals surface area contributed by atoms with Crippen LogP contribution in [0.2, 0.25) is 0 Å². The van der Waals surface area contributed by atoms with Crippen LogP contribution in [0.1, 0.15) is 23.4 Å². The van der Waals surface area contributed by atoms with Crippen molar-refractivity contribution >= 4 is 22.6 Å². The average molecular weight is 309 g/mol. The second-order valence-electron chi connectivity index (χ2n) is 2.47. The van der Waals surface area contributed by atoms with Crippen LogP contribution in [-0.4, -0.2) is 4.98 Å². The molecule has 1 aromatic heterocycles. The lowest BCUT2D eigenvalue weighted by Crippen LogP contribution is -2.06. The molecule has 0 aliphatic carbocycles. The van der Waals surface area contributed by atoms with E-state index in [9.17, 15) is 8.78 Å². The summed E-state index contributed by atoms with van der Waals surface area (Å²) in [6.45, 7) is 0.0848. The van der Waals surface area contributed by atoms with Gasteiger partial charge in [0.2, 0.25) is 0 Å². The number of rotatable bonds is 2. The molecule has 3 nitrogen and oxygen atoms in total. The number of aromatic nitrogens is 1. The second kappa shape index (κ2) is 4.61. The van der Waals surface area contributed by atoms with E-state index in [1.54, 1.807) is 6.07 Å². The Morgan fingerprint density at radius 2 is 2.29 bits per heavy atom. The number of hydrogen-bond acceptors (Lipinski definition) is 3. The van der Waals surface area contributed by atoms with E-state index in [2.05, 4.69) is 4.98 Å². The summed E-state index contributed by atoms with van der Waals surface area (Å²) in [7, 11) is 0. The van der Waals surface area contributed by atoms with Crippen LogP contribution in [0.4, 0.5) is 8.78 Å². The molecule has 1 aromatic rings. The first-order valence-corrected chi connectivity index (χ1v) is 4.75. The first-order chi connectivity index (χ1) is 6.60.